The average molecular weight is 410 g/mol. The first-order chi connectivity index (χ1) is 12.8. The highest BCUT2D eigenvalue weighted by Gasteiger charge is 2.25. The first kappa shape index (κ1) is 20.3. The summed E-state index contributed by atoms with van der Waals surface area (Å²) in [6.45, 7) is 4.81. The van der Waals surface area contributed by atoms with Gasteiger partial charge in [0, 0.05) is 36.1 Å². The van der Waals surface area contributed by atoms with Crippen LogP contribution in [0.5, 0.6) is 0 Å². The zero-order valence-electron chi connectivity index (χ0n) is 15.4. The van der Waals surface area contributed by atoms with Gasteiger partial charge in [0.05, 0.1) is 17.9 Å². The molecule has 2 aliphatic heterocycles. The summed E-state index contributed by atoms with van der Waals surface area (Å²) in [4.78, 5) is 14.7. The maximum Gasteiger partial charge on any atom is 0.237 e. The lowest BCUT2D eigenvalue weighted by Crippen LogP contribution is -2.45. The number of nitrogens with zero attached hydrogens (tertiary/aromatic N) is 2. The second kappa shape index (κ2) is 9.68. The van der Waals surface area contributed by atoms with Crippen LogP contribution in [0.4, 0.5) is 0 Å². The number of likely N-dealkylation sites (tertiary alicyclic amines) is 1. The largest absolute Gasteiger partial charge is 0.354 e. The SMILES string of the molecule is Cl.O=C(NCC1CCCN(Cc2cn[nH]c2-c2ccsc2)C1)C1CCCN1. The van der Waals surface area contributed by atoms with E-state index in [1.165, 1.54) is 24.0 Å². The first-order valence-electron chi connectivity index (χ1n) is 9.58. The van der Waals surface area contributed by atoms with Crippen LogP contribution in [0.2, 0.25) is 0 Å². The molecule has 3 N–H and O–H groups in total. The Hall–Kier alpha value is -1.41. The molecule has 2 unspecified atom stereocenters. The topological polar surface area (TPSA) is 73.0 Å². The summed E-state index contributed by atoms with van der Waals surface area (Å²) >= 11 is 1.71. The molecule has 0 bridgehead atoms. The molecule has 4 rings (SSSR count). The van der Waals surface area contributed by atoms with E-state index in [4.69, 9.17) is 0 Å². The number of aromatic amines is 1. The molecule has 8 heteroatoms. The minimum atomic E-state index is 0. The van der Waals surface area contributed by atoms with Crippen molar-refractivity contribution in [2.24, 2.45) is 5.92 Å². The van der Waals surface area contributed by atoms with Gasteiger partial charge in [0.1, 0.15) is 0 Å². The van der Waals surface area contributed by atoms with Crippen LogP contribution >= 0.6 is 23.7 Å². The number of halogens is 1. The Morgan fingerprint density at radius 3 is 3.07 bits per heavy atom. The van der Waals surface area contributed by atoms with Crippen LogP contribution < -0.4 is 10.6 Å². The molecular formula is C19H28ClN5OS. The van der Waals surface area contributed by atoms with Gasteiger partial charge in [-0.05, 0) is 56.1 Å². The van der Waals surface area contributed by atoms with E-state index in [1.54, 1.807) is 11.3 Å². The number of carbonyl (C=O) groups is 1. The molecule has 0 aliphatic carbocycles. The van der Waals surface area contributed by atoms with Crippen molar-refractivity contribution in [2.75, 3.05) is 26.2 Å². The van der Waals surface area contributed by atoms with Crippen LogP contribution in [0.25, 0.3) is 11.3 Å². The van der Waals surface area contributed by atoms with Crippen LogP contribution in [-0.2, 0) is 11.3 Å². The van der Waals surface area contributed by atoms with Crippen molar-refractivity contribution in [3.05, 3.63) is 28.6 Å². The van der Waals surface area contributed by atoms with Gasteiger partial charge in [-0.15, -0.1) is 12.4 Å². The second-order valence-electron chi connectivity index (χ2n) is 7.42. The average Bonchev–Trinajstić information content (AvgIpc) is 3.41. The molecule has 0 aromatic carbocycles. The molecule has 2 aromatic heterocycles. The Balaban J connectivity index is 0.00000210. The zero-order valence-corrected chi connectivity index (χ0v) is 17.1. The Morgan fingerprint density at radius 1 is 1.37 bits per heavy atom. The third kappa shape index (κ3) is 5.10. The minimum Gasteiger partial charge on any atom is -0.354 e. The standard InChI is InChI=1S/C19H27N5OS.ClH/c25-19(17-4-1-6-20-17)21-9-14-3-2-7-24(11-14)12-16-10-22-23-18(16)15-5-8-26-13-15;/h5,8,10,13-14,17,20H,1-4,6-7,9,11-12H2,(H,21,25)(H,22,23);1H. The van der Waals surface area contributed by atoms with Crippen LogP contribution in [0, 0.1) is 5.92 Å². The molecule has 2 atom stereocenters. The number of nitrogens with one attached hydrogen (secondary N) is 3. The lowest BCUT2D eigenvalue weighted by molar-refractivity contribution is -0.123. The summed E-state index contributed by atoms with van der Waals surface area (Å²) in [7, 11) is 0. The summed E-state index contributed by atoms with van der Waals surface area (Å²) in [5.74, 6) is 0.708. The number of thiophene rings is 1. The lowest BCUT2D eigenvalue weighted by Gasteiger charge is -2.33. The van der Waals surface area contributed by atoms with Gasteiger partial charge in [0.2, 0.25) is 5.91 Å². The number of hydrogen-bond acceptors (Lipinski definition) is 5. The van der Waals surface area contributed by atoms with E-state index in [1.807, 2.05) is 6.20 Å². The summed E-state index contributed by atoms with van der Waals surface area (Å²) in [5, 5.41) is 18.1. The summed E-state index contributed by atoms with van der Waals surface area (Å²) in [5.41, 5.74) is 3.60. The fourth-order valence-electron chi connectivity index (χ4n) is 4.07. The van der Waals surface area contributed by atoms with E-state index in [9.17, 15) is 4.79 Å². The Morgan fingerprint density at radius 2 is 2.30 bits per heavy atom. The van der Waals surface area contributed by atoms with Gasteiger partial charge in [-0.1, -0.05) is 0 Å². The monoisotopic (exact) mass is 409 g/mol. The number of amides is 1. The fourth-order valence-corrected chi connectivity index (χ4v) is 4.71. The molecule has 2 saturated heterocycles. The van der Waals surface area contributed by atoms with Gasteiger partial charge in [-0.2, -0.15) is 16.4 Å². The van der Waals surface area contributed by atoms with Crippen molar-refractivity contribution in [2.45, 2.75) is 38.3 Å². The number of hydrogen-bond donors (Lipinski definition) is 3. The summed E-state index contributed by atoms with van der Waals surface area (Å²) in [6.07, 6.45) is 6.40. The molecule has 148 valence electrons. The second-order valence-corrected chi connectivity index (χ2v) is 8.20. The van der Waals surface area contributed by atoms with Gasteiger partial charge in [0.25, 0.3) is 0 Å². The Kier molecular flexibility index (Phi) is 7.29. The van der Waals surface area contributed by atoms with Gasteiger partial charge < -0.3 is 10.6 Å². The number of carbonyl (C=O) groups excluding carboxylic acids is 1. The minimum absolute atomic E-state index is 0. The van der Waals surface area contributed by atoms with Crippen LogP contribution in [-0.4, -0.2) is 53.2 Å². The molecule has 0 spiro atoms. The highest BCUT2D eigenvalue weighted by Crippen LogP contribution is 2.26. The van der Waals surface area contributed by atoms with Gasteiger partial charge >= 0.3 is 0 Å². The quantitative estimate of drug-likeness (QED) is 0.685. The molecule has 0 saturated carbocycles. The number of aromatic nitrogens is 2. The molecule has 27 heavy (non-hydrogen) atoms. The van der Waals surface area contributed by atoms with E-state index in [2.05, 4.69) is 42.6 Å². The molecule has 1 amide bonds. The number of piperidine rings is 1. The lowest BCUT2D eigenvalue weighted by atomic mass is 9.97. The zero-order chi connectivity index (χ0) is 17.8. The fraction of sp³-hybridized carbons (Fsp3) is 0.579. The van der Waals surface area contributed by atoms with E-state index in [0.29, 0.717) is 5.92 Å². The van der Waals surface area contributed by atoms with E-state index in [-0.39, 0.29) is 24.4 Å². The molecule has 2 aromatic rings. The third-order valence-electron chi connectivity index (χ3n) is 5.47. The highest BCUT2D eigenvalue weighted by atomic mass is 35.5. The molecule has 4 heterocycles. The molecule has 2 aliphatic rings. The van der Waals surface area contributed by atoms with Crippen molar-refractivity contribution < 1.29 is 4.79 Å². The van der Waals surface area contributed by atoms with Crippen molar-refractivity contribution in [3.8, 4) is 11.3 Å². The van der Waals surface area contributed by atoms with Crippen molar-refractivity contribution in [1.82, 2.24) is 25.7 Å². The molecule has 0 radical (unpaired) electrons. The normalized spacial score (nSPS) is 23.1. The molecule has 6 nitrogen and oxygen atoms in total. The number of H-pyrrole nitrogens is 1. The predicted molar refractivity (Wildman–Crippen MR) is 111 cm³/mol. The maximum absolute atomic E-state index is 12.2. The Bertz CT molecular complexity index is 714. The highest BCUT2D eigenvalue weighted by molar-refractivity contribution is 7.08. The van der Waals surface area contributed by atoms with E-state index >= 15 is 0 Å². The van der Waals surface area contributed by atoms with Crippen LogP contribution in [0.1, 0.15) is 31.2 Å². The smallest absolute Gasteiger partial charge is 0.237 e. The first-order valence-corrected chi connectivity index (χ1v) is 10.5. The maximum atomic E-state index is 12.2. The van der Waals surface area contributed by atoms with Crippen molar-refractivity contribution in [1.29, 1.82) is 0 Å². The van der Waals surface area contributed by atoms with E-state index in [0.717, 1.165) is 51.3 Å². The van der Waals surface area contributed by atoms with Gasteiger partial charge in [0.15, 0.2) is 0 Å². The third-order valence-corrected chi connectivity index (χ3v) is 6.15. The van der Waals surface area contributed by atoms with Gasteiger partial charge in [-0.25, -0.2) is 0 Å². The Labute approximate surface area is 170 Å². The van der Waals surface area contributed by atoms with Crippen molar-refractivity contribution in [3.63, 3.8) is 0 Å². The molecular weight excluding hydrogens is 382 g/mol. The number of rotatable bonds is 6. The van der Waals surface area contributed by atoms with E-state index < -0.39 is 0 Å². The van der Waals surface area contributed by atoms with Crippen molar-refractivity contribution >= 4 is 29.7 Å². The predicted octanol–water partition coefficient (Wildman–Crippen LogP) is 2.64. The van der Waals surface area contributed by atoms with Crippen LogP contribution in [0.3, 0.4) is 0 Å². The summed E-state index contributed by atoms with van der Waals surface area (Å²) in [6, 6.07) is 2.15. The van der Waals surface area contributed by atoms with Crippen LogP contribution in [0.15, 0.2) is 23.0 Å². The summed E-state index contributed by atoms with van der Waals surface area (Å²) < 4.78 is 0. The van der Waals surface area contributed by atoms with Gasteiger partial charge in [-0.3, -0.25) is 14.8 Å². The molecule has 2 fully saturated rings.